The molecule has 3 heterocycles. The number of nitrogens with zero attached hydrogens (tertiary/aromatic N) is 4. The molecule has 1 N–H and O–H groups in total. The first-order valence-electron chi connectivity index (χ1n) is 10.2. The minimum atomic E-state index is -0.0428. The van der Waals surface area contributed by atoms with Crippen LogP contribution in [0.15, 0.2) is 59.4 Å². The van der Waals surface area contributed by atoms with Crippen LogP contribution in [0.2, 0.25) is 0 Å². The zero-order valence-electron chi connectivity index (χ0n) is 16.7. The number of amides is 2. The molecule has 0 bridgehead atoms. The number of likely N-dealkylation sites (tertiary alicyclic amines) is 1. The van der Waals surface area contributed by atoms with E-state index in [4.69, 9.17) is 9.26 Å². The maximum absolute atomic E-state index is 12.5. The molecule has 8 nitrogen and oxygen atoms in total. The summed E-state index contributed by atoms with van der Waals surface area (Å²) in [6, 6.07) is 13.7. The Hall–Kier alpha value is -3.26. The lowest BCUT2D eigenvalue weighted by Crippen LogP contribution is -2.48. The van der Waals surface area contributed by atoms with E-state index >= 15 is 0 Å². The van der Waals surface area contributed by atoms with E-state index in [0.29, 0.717) is 24.8 Å². The molecule has 1 fully saturated rings. The van der Waals surface area contributed by atoms with Gasteiger partial charge in [0.2, 0.25) is 0 Å². The monoisotopic (exact) mass is 407 g/mol. The second-order valence-corrected chi connectivity index (χ2v) is 7.24. The minimum absolute atomic E-state index is 0.0403. The Morgan fingerprint density at radius 2 is 2.03 bits per heavy atom. The van der Waals surface area contributed by atoms with Crippen LogP contribution in [0.5, 0.6) is 0 Å². The van der Waals surface area contributed by atoms with Gasteiger partial charge in [-0.05, 0) is 37.0 Å². The highest BCUT2D eigenvalue weighted by Gasteiger charge is 2.24. The number of ether oxygens (including phenoxy) is 1. The zero-order chi connectivity index (χ0) is 20.6. The smallest absolute Gasteiger partial charge is 0.317 e. The maximum Gasteiger partial charge on any atom is 0.317 e. The van der Waals surface area contributed by atoms with Crippen molar-refractivity contribution in [3.63, 3.8) is 0 Å². The molecular weight excluding hydrogens is 382 g/mol. The van der Waals surface area contributed by atoms with Gasteiger partial charge in [-0.3, -0.25) is 4.98 Å². The van der Waals surface area contributed by atoms with Crippen LogP contribution in [0.3, 0.4) is 0 Å². The third-order valence-electron chi connectivity index (χ3n) is 5.04. The van der Waals surface area contributed by atoms with Crippen LogP contribution in [-0.2, 0) is 17.8 Å². The minimum Gasteiger partial charge on any atom is -0.368 e. The van der Waals surface area contributed by atoms with Gasteiger partial charge in [0.05, 0.1) is 6.10 Å². The van der Waals surface area contributed by atoms with E-state index in [-0.39, 0.29) is 18.7 Å². The molecule has 1 aliphatic rings. The molecule has 2 amide bonds. The number of rotatable bonds is 7. The van der Waals surface area contributed by atoms with Crippen LogP contribution in [0, 0.1) is 0 Å². The van der Waals surface area contributed by atoms with Crippen LogP contribution in [0.1, 0.15) is 24.2 Å². The van der Waals surface area contributed by atoms with Gasteiger partial charge in [0.25, 0.3) is 5.89 Å². The number of pyridine rings is 1. The summed E-state index contributed by atoms with van der Waals surface area (Å²) in [5, 5.41) is 6.98. The Bertz CT molecular complexity index is 932. The normalized spacial score (nSPS) is 16.4. The average molecular weight is 407 g/mol. The Morgan fingerprint density at radius 3 is 2.87 bits per heavy atom. The predicted molar refractivity (Wildman–Crippen MR) is 110 cm³/mol. The summed E-state index contributed by atoms with van der Waals surface area (Å²) in [5.74, 6) is 0.935. The highest BCUT2D eigenvalue weighted by molar-refractivity contribution is 5.74. The molecule has 0 aliphatic carbocycles. The number of hydrogen-bond acceptors (Lipinski definition) is 6. The van der Waals surface area contributed by atoms with Crippen molar-refractivity contribution in [3.05, 3.63) is 66.2 Å². The van der Waals surface area contributed by atoms with Gasteiger partial charge in [0.1, 0.15) is 6.61 Å². The van der Waals surface area contributed by atoms with Gasteiger partial charge in [-0.2, -0.15) is 4.98 Å². The summed E-state index contributed by atoms with van der Waals surface area (Å²) in [7, 11) is 0. The zero-order valence-corrected chi connectivity index (χ0v) is 16.7. The molecule has 0 saturated carbocycles. The molecule has 30 heavy (non-hydrogen) atoms. The van der Waals surface area contributed by atoms with E-state index in [2.05, 4.69) is 32.6 Å². The van der Waals surface area contributed by atoms with Crippen LogP contribution in [0.25, 0.3) is 11.5 Å². The van der Waals surface area contributed by atoms with Gasteiger partial charge in [-0.1, -0.05) is 35.5 Å². The van der Waals surface area contributed by atoms with Crippen molar-refractivity contribution in [2.24, 2.45) is 0 Å². The largest absolute Gasteiger partial charge is 0.368 e. The number of carbonyl (C=O) groups excluding carboxylic acids is 1. The number of carbonyl (C=O) groups is 1. The number of hydrogen-bond donors (Lipinski definition) is 1. The molecule has 0 radical (unpaired) electrons. The van der Waals surface area contributed by atoms with Gasteiger partial charge in [0.15, 0.2) is 5.82 Å². The van der Waals surface area contributed by atoms with Gasteiger partial charge >= 0.3 is 6.03 Å². The van der Waals surface area contributed by atoms with Crippen molar-refractivity contribution in [1.82, 2.24) is 25.3 Å². The Kier molecular flexibility index (Phi) is 6.66. The molecule has 1 saturated heterocycles. The standard InChI is InChI=1S/C22H25N5O3/c28-22(24-13-8-17-5-2-1-3-6-17)27-14-4-7-19(15-27)29-16-20-25-21(30-26-20)18-9-11-23-12-10-18/h1-3,5-6,9-12,19H,4,7-8,13-16H2,(H,24,28). The van der Waals surface area contributed by atoms with Gasteiger partial charge in [-0.15, -0.1) is 0 Å². The molecule has 8 heteroatoms. The van der Waals surface area contributed by atoms with E-state index in [1.165, 1.54) is 5.56 Å². The van der Waals surface area contributed by atoms with Crippen LogP contribution in [-0.4, -0.2) is 51.8 Å². The van der Waals surface area contributed by atoms with Gasteiger partial charge in [0, 0.05) is 37.6 Å². The molecule has 4 rings (SSSR count). The van der Waals surface area contributed by atoms with Crippen molar-refractivity contribution in [1.29, 1.82) is 0 Å². The second kappa shape index (κ2) is 9.98. The summed E-state index contributed by atoms with van der Waals surface area (Å²) >= 11 is 0. The summed E-state index contributed by atoms with van der Waals surface area (Å²) in [4.78, 5) is 22.6. The molecule has 156 valence electrons. The number of benzene rings is 1. The van der Waals surface area contributed by atoms with Crippen LogP contribution >= 0.6 is 0 Å². The highest BCUT2D eigenvalue weighted by atomic mass is 16.5. The summed E-state index contributed by atoms with van der Waals surface area (Å²) in [6.07, 6.45) is 5.95. The number of piperidine rings is 1. The van der Waals surface area contributed by atoms with Crippen molar-refractivity contribution in [2.75, 3.05) is 19.6 Å². The van der Waals surface area contributed by atoms with Gasteiger partial charge < -0.3 is 19.5 Å². The quantitative estimate of drug-likeness (QED) is 0.647. The molecule has 1 unspecified atom stereocenters. The summed E-state index contributed by atoms with van der Waals surface area (Å²) < 4.78 is 11.2. The predicted octanol–water partition coefficient (Wildman–Crippen LogP) is 3.06. The van der Waals surface area contributed by atoms with E-state index in [0.717, 1.165) is 31.4 Å². The third-order valence-corrected chi connectivity index (χ3v) is 5.04. The topological polar surface area (TPSA) is 93.4 Å². The average Bonchev–Trinajstić information content (AvgIpc) is 3.28. The Morgan fingerprint density at radius 1 is 1.20 bits per heavy atom. The summed E-state index contributed by atoms with van der Waals surface area (Å²) in [6.45, 7) is 2.17. The fourth-order valence-electron chi connectivity index (χ4n) is 3.45. The molecule has 1 atom stereocenters. The lowest BCUT2D eigenvalue weighted by molar-refractivity contribution is -0.00367. The molecule has 2 aromatic heterocycles. The van der Waals surface area contributed by atoms with Crippen molar-refractivity contribution >= 4 is 6.03 Å². The Labute approximate surface area is 175 Å². The fraction of sp³-hybridized carbons (Fsp3) is 0.364. The van der Waals surface area contributed by atoms with Crippen LogP contribution in [0.4, 0.5) is 4.79 Å². The molecule has 1 aliphatic heterocycles. The fourth-order valence-corrected chi connectivity index (χ4v) is 3.45. The maximum atomic E-state index is 12.5. The Balaban J connectivity index is 1.22. The van der Waals surface area contributed by atoms with Crippen molar-refractivity contribution in [3.8, 4) is 11.5 Å². The number of urea groups is 1. The van der Waals surface area contributed by atoms with Crippen LogP contribution < -0.4 is 5.32 Å². The first-order valence-corrected chi connectivity index (χ1v) is 10.2. The van der Waals surface area contributed by atoms with Gasteiger partial charge in [-0.25, -0.2) is 4.79 Å². The molecule has 0 spiro atoms. The molecule has 1 aromatic carbocycles. The third kappa shape index (κ3) is 5.42. The van der Waals surface area contributed by atoms with Crippen molar-refractivity contribution in [2.45, 2.75) is 32.0 Å². The molecular formula is C22H25N5O3. The lowest BCUT2D eigenvalue weighted by atomic mass is 10.1. The second-order valence-electron chi connectivity index (χ2n) is 7.24. The number of nitrogens with one attached hydrogen (secondary N) is 1. The highest BCUT2D eigenvalue weighted by Crippen LogP contribution is 2.18. The van der Waals surface area contributed by atoms with E-state index in [9.17, 15) is 4.79 Å². The lowest BCUT2D eigenvalue weighted by Gasteiger charge is -2.32. The van der Waals surface area contributed by atoms with E-state index in [1.54, 1.807) is 12.4 Å². The van der Waals surface area contributed by atoms with E-state index in [1.807, 2.05) is 35.2 Å². The SMILES string of the molecule is O=C(NCCc1ccccc1)N1CCCC(OCc2noc(-c3ccncc3)n2)C1. The van der Waals surface area contributed by atoms with Crippen molar-refractivity contribution < 1.29 is 14.1 Å². The first kappa shape index (κ1) is 20.0. The first-order chi connectivity index (χ1) is 14.8. The number of aromatic nitrogens is 3. The van der Waals surface area contributed by atoms with E-state index < -0.39 is 0 Å². The summed E-state index contributed by atoms with van der Waals surface area (Å²) in [5.41, 5.74) is 2.03. The molecule has 3 aromatic rings.